The zero-order valence-electron chi connectivity index (χ0n) is 14.2. The summed E-state index contributed by atoms with van der Waals surface area (Å²) in [5, 5.41) is 22.2. The van der Waals surface area contributed by atoms with Crippen LogP contribution in [0.4, 0.5) is 0 Å². The summed E-state index contributed by atoms with van der Waals surface area (Å²) >= 11 is 0. The Kier molecular flexibility index (Phi) is 5.70. The molecule has 0 aliphatic carbocycles. The van der Waals surface area contributed by atoms with E-state index < -0.39 is 0 Å². The van der Waals surface area contributed by atoms with Crippen LogP contribution in [0.15, 0.2) is 72.8 Å². The molecule has 3 aromatic carbocycles. The number of phenols is 2. The highest BCUT2D eigenvalue weighted by molar-refractivity contribution is 5.63. The van der Waals surface area contributed by atoms with Crippen molar-refractivity contribution < 1.29 is 10.2 Å². The first-order valence-corrected chi connectivity index (χ1v) is 8.58. The van der Waals surface area contributed by atoms with Crippen LogP contribution >= 0.6 is 0 Å². The van der Waals surface area contributed by atoms with Gasteiger partial charge in [-0.3, -0.25) is 0 Å². The van der Waals surface area contributed by atoms with Crippen molar-refractivity contribution in [2.24, 2.45) is 0 Å². The highest BCUT2D eigenvalue weighted by Crippen LogP contribution is 2.24. The van der Waals surface area contributed by atoms with Crippen LogP contribution in [0, 0.1) is 0 Å². The largest absolute Gasteiger partial charge is 0.504 e. The zero-order chi connectivity index (χ0) is 17.5. The summed E-state index contributed by atoms with van der Waals surface area (Å²) in [6.07, 6.45) is 1.80. The van der Waals surface area contributed by atoms with Crippen LogP contribution in [0.3, 0.4) is 0 Å². The highest BCUT2D eigenvalue weighted by Gasteiger charge is 2.01. The van der Waals surface area contributed by atoms with E-state index in [1.807, 2.05) is 12.1 Å². The van der Waals surface area contributed by atoms with Gasteiger partial charge in [-0.2, -0.15) is 0 Å². The van der Waals surface area contributed by atoms with Crippen molar-refractivity contribution in [3.63, 3.8) is 0 Å². The molecule has 0 amide bonds. The Balaban J connectivity index is 1.42. The first-order chi connectivity index (χ1) is 12.2. The number of rotatable bonds is 7. The van der Waals surface area contributed by atoms with Crippen molar-refractivity contribution in [2.45, 2.75) is 12.8 Å². The molecule has 0 bridgehead atoms. The Bertz CT molecular complexity index is 798. The van der Waals surface area contributed by atoms with Crippen molar-refractivity contribution in [3.05, 3.63) is 83.9 Å². The Labute approximate surface area is 148 Å². The topological polar surface area (TPSA) is 52.5 Å². The van der Waals surface area contributed by atoms with Crippen LogP contribution in [0.1, 0.15) is 11.1 Å². The van der Waals surface area contributed by atoms with Crippen LogP contribution < -0.4 is 5.32 Å². The van der Waals surface area contributed by atoms with Crippen molar-refractivity contribution in [3.8, 4) is 22.6 Å². The van der Waals surface area contributed by atoms with Crippen LogP contribution in [0.25, 0.3) is 11.1 Å². The van der Waals surface area contributed by atoms with E-state index in [2.05, 4.69) is 53.8 Å². The number of phenolic OH excluding ortho intramolecular Hbond substituents is 2. The van der Waals surface area contributed by atoms with E-state index >= 15 is 0 Å². The van der Waals surface area contributed by atoms with E-state index in [0.717, 1.165) is 31.5 Å². The molecular formula is C22H23NO2. The van der Waals surface area contributed by atoms with Gasteiger partial charge >= 0.3 is 0 Å². The SMILES string of the molecule is Oc1ccc(CCNCCc2ccc(-c3ccccc3)cc2)cc1O. The monoisotopic (exact) mass is 333 g/mol. The number of hydrogen-bond donors (Lipinski definition) is 3. The Morgan fingerprint density at radius 2 is 1.20 bits per heavy atom. The van der Waals surface area contributed by atoms with Crippen molar-refractivity contribution in [2.75, 3.05) is 13.1 Å². The van der Waals surface area contributed by atoms with Crippen molar-refractivity contribution in [1.29, 1.82) is 0 Å². The number of nitrogens with one attached hydrogen (secondary N) is 1. The molecule has 3 nitrogen and oxygen atoms in total. The minimum Gasteiger partial charge on any atom is -0.504 e. The predicted octanol–water partition coefficient (Wildman–Crippen LogP) is 4.14. The summed E-state index contributed by atoms with van der Waals surface area (Å²) in [4.78, 5) is 0. The van der Waals surface area contributed by atoms with Gasteiger partial charge in [-0.05, 0) is 60.3 Å². The molecule has 3 rings (SSSR count). The number of benzene rings is 3. The molecule has 0 atom stereocenters. The number of aromatic hydroxyl groups is 2. The lowest BCUT2D eigenvalue weighted by molar-refractivity contribution is 0.403. The molecule has 0 radical (unpaired) electrons. The first-order valence-electron chi connectivity index (χ1n) is 8.58. The third-order valence-electron chi connectivity index (χ3n) is 4.28. The minimum absolute atomic E-state index is 0.0593. The third-order valence-corrected chi connectivity index (χ3v) is 4.28. The molecule has 0 aliphatic rings. The molecule has 0 saturated heterocycles. The number of hydrogen-bond acceptors (Lipinski definition) is 3. The van der Waals surface area contributed by atoms with Gasteiger partial charge in [0.05, 0.1) is 0 Å². The van der Waals surface area contributed by atoms with Gasteiger partial charge in [0.1, 0.15) is 0 Å². The fourth-order valence-electron chi connectivity index (χ4n) is 2.81. The van der Waals surface area contributed by atoms with Crippen LogP contribution in [-0.2, 0) is 12.8 Å². The van der Waals surface area contributed by atoms with Gasteiger partial charge in [0.15, 0.2) is 11.5 Å². The molecule has 0 fully saturated rings. The van der Waals surface area contributed by atoms with Crippen molar-refractivity contribution in [1.82, 2.24) is 5.32 Å². The average Bonchev–Trinajstić information content (AvgIpc) is 2.65. The molecule has 0 heterocycles. The fourth-order valence-corrected chi connectivity index (χ4v) is 2.81. The Morgan fingerprint density at radius 3 is 1.88 bits per heavy atom. The third kappa shape index (κ3) is 4.85. The normalized spacial score (nSPS) is 10.7. The second kappa shape index (κ2) is 8.36. The molecule has 128 valence electrons. The first kappa shape index (κ1) is 17.1. The molecule has 0 aromatic heterocycles. The smallest absolute Gasteiger partial charge is 0.157 e. The van der Waals surface area contributed by atoms with E-state index in [-0.39, 0.29) is 11.5 Å². The van der Waals surface area contributed by atoms with Crippen molar-refractivity contribution >= 4 is 0 Å². The van der Waals surface area contributed by atoms with Crippen LogP contribution in [0.2, 0.25) is 0 Å². The highest BCUT2D eigenvalue weighted by atomic mass is 16.3. The molecule has 0 aliphatic heterocycles. The molecule has 25 heavy (non-hydrogen) atoms. The second-order valence-electron chi connectivity index (χ2n) is 6.14. The molecule has 3 heteroatoms. The van der Waals surface area contributed by atoms with Crippen LogP contribution in [-0.4, -0.2) is 23.3 Å². The van der Waals surface area contributed by atoms with Gasteiger partial charge in [-0.25, -0.2) is 0 Å². The average molecular weight is 333 g/mol. The molecule has 3 aromatic rings. The van der Waals surface area contributed by atoms with Gasteiger partial charge < -0.3 is 15.5 Å². The van der Waals surface area contributed by atoms with Gasteiger partial charge in [0, 0.05) is 0 Å². The van der Waals surface area contributed by atoms with E-state index in [9.17, 15) is 10.2 Å². The van der Waals surface area contributed by atoms with E-state index in [1.165, 1.54) is 22.8 Å². The summed E-state index contributed by atoms with van der Waals surface area (Å²) in [7, 11) is 0. The summed E-state index contributed by atoms with van der Waals surface area (Å²) in [6.45, 7) is 1.75. The van der Waals surface area contributed by atoms with Crippen LogP contribution in [0.5, 0.6) is 11.5 Å². The Hall–Kier alpha value is -2.78. The van der Waals surface area contributed by atoms with Gasteiger partial charge in [-0.15, -0.1) is 0 Å². The van der Waals surface area contributed by atoms with E-state index in [4.69, 9.17) is 0 Å². The molecule has 3 N–H and O–H groups in total. The summed E-state index contributed by atoms with van der Waals surface area (Å²) in [5.41, 5.74) is 4.80. The lowest BCUT2D eigenvalue weighted by atomic mass is 10.0. The standard InChI is InChI=1S/C22H23NO2/c24-21-11-8-18(16-22(21)25)13-15-23-14-12-17-6-9-20(10-7-17)19-4-2-1-3-5-19/h1-11,16,23-25H,12-15H2. The van der Waals surface area contributed by atoms with Gasteiger partial charge in [-0.1, -0.05) is 60.7 Å². The fraction of sp³-hybridized carbons (Fsp3) is 0.182. The lowest BCUT2D eigenvalue weighted by Gasteiger charge is -2.07. The van der Waals surface area contributed by atoms with Gasteiger partial charge in [0.2, 0.25) is 0 Å². The maximum absolute atomic E-state index is 9.49. The maximum atomic E-state index is 9.49. The quantitative estimate of drug-likeness (QED) is 0.450. The predicted molar refractivity (Wildman–Crippen MR) is 102 cm³/mol. The van der Waals surface area contributed by atoms with E-state index in [1.54, 1.807) is 6.07 Å². The summed E-state index contributed by atoms with van der Waals surface area (Å²) in [5.74, 6) is -0.133. The summed E-state index contributed by atoms with van der Waals surface area (Å²) < 4.78 is 0. The maximum Gasteiger partial charge on any atom is 0.157 e. The van der Waals surface area contributed by atoms with E-state index in [0.29, 0.717) is 0 Å². The summed E-state index contributed by atoms with van der Waals surface area (Å²) in [6, 6.07) is 24.1. The minimum atomic E-state index is -0.0735. The molecular weight excluding hydrogens is 310 g/mol. The Morgan fingerprint density at radius 1 is 0.600 bits per heavy atom. The zero-order valence-corrected chi connectivity index (χ0v) is 14.2. The second-order valence-corrected chi connectivity index (χ2v) is 6.14. The molecule has 0 saturated carbocycles. The lowest BCUT2D eigenvalue weighted by Crippen LogP contribution is -2.20. The van der Waals surface area contributed by atoms with Gasteiger partial charge in [0.25, 0.3) is 0 Å². The molecule has 0 spiro atoms. The molecule has 0 unspecified atom stereocenters.